The van der Waals surface area contributed by atoms with Crippen molar-refractivity contribution in [3.05, 3.63) is 70.1 Å². The van der Waals surface area contributed by atoms with E-state index in [0.717, 1.165) is 0 Å². The van der Waals surface area contributed by atoms with Crippen molar-refractivity contribution in [2.75, 3.05) is 34.0 Å². The number of pyridine rings is 1. The number of aliphatic hydroxyl groups is 1. The molecule has 1 amide bonds. The Hall–Kier alpha value is -3.50. The van der Waals surface area contributed by atoms with E-state index < -0.39 is 17.5 Å². The Kier molecular flexibility index (Phi) is 8.55. The maximum Gasteiger partial charge on any atom is 0.251 e. The minimum absolute atomic E-state index is 0.0854. The lowest BCUT2D eigenvalue weighted by Crippen LogP contribution is -2.30. The number of nitrogens with one attached hydrogen (secondary N) is 1. The van der Waals surface area contributed by atoms with Crippen LogP contribution in [0.3, 0.4) is 0 Å². The van der Waals surface area contributed by atoms with Gasteiger partial charge in [-0.1, -0.05) is 0 Å². The average molecular weight is 533 g/mol. The molecule has 0 unspecified atom stereocenters. The van der Waals surface area contributed by atoms with Crippen molar-refractivity contribution in [3.63, 3.8) is 0 Å². The lowest BCUT2D eigenvalue weighted by molar-refractivity contribution is 0.0902. The number of hydrogen-bond acceptors (Lipinski definition) is 7. The summed E-state index contributed by atoms with van der Waals surface area (Å²) < 4.78 is 29.8. The number of benzene rings is 2. The predicted molar refractivity (Wildman–Crippen MR) is 126 cm³/mol. The highest BCUT2D eigenvalue weighted by atomic mass is 79.9. The van der Waals surface area contributed by atoms with Crippen LogP contribution < -0.4 is 19.5 Å². The second-order valence-electron chi connectivity index (χ2n) is 6.92. The normalized spacial score (nSPS) is 10.5. The number of carbonyl (C=O) groups excluding carboxylic acids is 2. The van der Waals surface area contributed by atoms with Crippen molar-refractivity contribution in [1.29, 1.82) is 0 Å². The molecule has 0 fully saturated rings. The first-order chi connectivity index (χ1) is 16.4. The maximum absolute atomic E-state index is 13.6. The Morgan fingerprint density at radius 3 is 2.44 bits per heavy atom. The maximum atomic E-state index is 13.6. The van der Waals surface area contributed by atoms with Crippen molar-refractivity contribution < 1.29 is 33.3 Å². The summed E-state index contributed by atoms with van der Waals surface area (Å²) in [7, 11) is 2.90. The number of halogens is 2. The number of amides is 1. The fourth-order valence-corrected chi connectivity index (χ4v) is 3.43. The second-order valence-corrected chi connectivity index (χ2v) is 7.77. The molecule has 10 heteroatoms. The third-order valence-corrected chi connectivity index (χ3v) is 5.35. The molecule has 0 aliphatic carbocycles. The third-order valence-electron chi connectivity index (χ3n) is 4.74. The van der Waals surface area contributed by atoms with Crippen LogP contribution in [0.1, 0.15) is 20.8 Å². The quantitative estimate of drug-likeness (QED) is 0.383. The van der Waals surface area contributed by atoms with E-state index in [2.05, 4.69) is 26.2 Å². The van der Waals surface area contributed by atoms with Crippen LogP contribution in [0.4, 0.5) is 4.39 Å². The lowest BCUT2D eigenvalue weighted by atomic mass is 10.1. The molecule has 34 heavy (non-hydrogen) atoms. The number of aromatic nitrogens is 1. The Balaban J connectivity index is 1.74. The number of aliphatic hydroxyl groups excluding tert-OH is 1. The van der Waals surface area contributed by atoms with E-state index >= 15 is 0 Å². The fourth-order valence-electron chi connectivity index (χ4n) is 3.05. The van der Waals surface area contributed by atoms with Gasteiger partial charge in [0.15, 0.2) is 17.3 Å². The second kappa shape index (κ2) is 11.6. The predicted octanol–water partition coefficient (Wildman–Crippen LogP) is 3.65. The standard InChI is InChI=1S/C24H22BrFN2O6/c1-32-21-8-6-18(28-23(21)14-3-5-17(26)16(25)11-14)19(30)13-27-24(31)15-4-7-20(34-10-9-29)22(12-15)33-2/h3-8,11-12,29H,9-10,13H2,1-2H3,(H,27,31). The van der Waals surface area contributed by atoms with Crippen LogP contribution in [0.5, 0.6) is 17.2 Å². The van der Waals surface area contributed by atoms with E-state index in [9.17, 15) is 14.0 Å². The zero-order chi connectivity index (χ0) is 24.7. The molecule has 0 aliphatic rings. The van der Waals surface area contributed by atoms with Crippen molar-refractivity contribution in [2.24, 2.45) is 0 Å². The molecular weight excluding hydrogens is 511 g/mol. The molecular formula is C24H22BrFN2O6. The average Bonchev–Trinajstić information content (AvgIpc) is 2.86. The number of carbonyl (C=O) groups is 2. The highest BCUT2D eigenvalue weighted by Crippen LogP contribution is 2.31. The van der Waals surface area contributed by atoms with Gasteiger partial charge in [0.05, 0.1) is 31.8 Å². The molecule has 2 aromatic carbocycles. The minimum atomic E-state index is -0.489. The lowest BCUT2D eigenvalue weighted by Gasteiger charge is -2.12. The summed E-state index contributed by atoms with van der Waals surface area (Å²) in [5, 5.41) is 11.5. The molecule has 0 radical (unpaired) electrons. The molecule has 1 aromatic heterocycles. The first kappa shape index (κ1) is 25.1. The zero-order valence-corrected chi connectivity index (χ0v) is 20.0. The Labute approximate surface area is 203 Å². The SMILES string of the molecule is COc1cc(C(=O)NCC(=O)c2ccc(OC)c(-c3ccc(F)c(Br)c3)n2)ccc1OCCO. The van der Waals surface area contributed by atoms with Gasteiger partial charge in [-0.05, 0) is 64.5 Å². The van der Waals surface area contributed by atoms with Crippen LogP contribution in [0, 0.1) is 5.82 Å². The van der Waals surface area contributed by atoms with Gasteiger partial charge in [-0.25, -0.2) is 9.37 Å². The van der Waals surface area contributed by atoms with E-state index in [4.69, 9.17) is 19.3 Å². The molecule has 0 saturated heterocycles. The zero-order valence-electron chi connectivity index (χ0n) is 18.4. The summed E-state index contributed by atoms with van der Waals surface area (Å²) in [5.74, 6) is -0.229. The van der Waals surface area contributed by atoms with Gasteiger partial charge in [0, 0.05) is 11.1 Å². The molecule has 0 bridgehead atoms. The molecule has 1 heterocycles. The van der Waals surface area contributed by atoms with Crippen LogP contribution in [-0.2, 0) is 0 Å². The van der Waals surface area contributed by atoms with E-state index in [1.165, 1.54) is 50.6 Å². The number of ketones is 1. The first-order valence-electron chi connectivity index (χ1n) is 10.1. The van der Waals surface area contributed by atoms with E-state index in [1.807, 2.05) is 0 Å². The molecule has 3 aromatic rings. The number of rotatable bonds is 10. The topological polar surface area (TPSA) is 107 Å². The summed E-state index contributed by atoms with van der Waals surface area (Å²) in [5.41, 5.74) is 1.30. The van der Waals surface area contributed by atoms with Gasteiger partial charge in [-0.3, -0.25) is 9.59 Å². The summed E-state index contributed by atoms with van der Waals surface area (Å²) >= 11 is 3.14. The van der Waals surface area contributed by atoms with Crippen LogP contribution in [0.2, 0.25) is 0 Å². The number of methoxy groups -OCH3 is 2. The summed E-state index contributed by atoms with van der Waals surface area (Å²) in [6.07, 6.45) is 0. The van der Waals surface area contributed by atoms with E-state index in [-0.39, 0.29) is 35.5 Å². The van der Waals surface area contributed by atoms with Gasteiger partial charge in [0.25, 0.3) is 5.91 Å². The highest BCUT2D eigenvalue weighted by molar-refractivity contribution is 9.10. The van der Waals surface area contributed by atoms with Crippen LogP contribution >= 0.6 is 15.9 Å². The minimum Gasteiger partial charge on any atom is -0.494 e. The largest absolute Gasteiger partial charge is 0.494 e. The summed E-state index contributed by atoms with van der Waals surface area (Å²) in [4.78, 5) is 29.7. The summed E-state index contributed by atoms with van der Waals surface area (Å²) in [6.45, 7) is -0.370. The van der Waals surface area contributed by atoms with Gasteiger partial charge < -0.3 is 24.6 Å². The monoisotopic (exact) mass is 532 g/mol. The van der Waals surface area contributed by atoms with Crippen molar-refractivity contribution >= 4 is 27.6 Å². The van der Waals surface area contributed by atoms with Gasteiger partial charge in [0.1, 0.15) is 29.6 Å². The fraction of sp³-hybridized carbons (Fsp3) is 0.208. The first-order valence-corrected chi connectivity index (χ1v) is 10.9. The van der Waals surface area contributed by atoms with Crippen LogP contribution in [0.25, 0.3) is 11.3 Å². The molecule has 0 aliphatic heterocycles. The van der Waals surface area contributed by atoms with Gasteiger partial charge in [-0.15, -0.1) is 0 Å². The number of hydrogen-bond donors (Lipinski definition) is 2. The molecule has 8 nitrogen and oxygen atoms in total. The third kappa shape index (κ3) is 5.89. The van der Waals surface area contributed by atoms with Gasteiger partial charge in [-0.2, -0.15) is 0 Å². The molecule has 3 rings (SSSR count). The molecule has 2 N–H and O–H groups in total. The van der Waals surface area contributed by atoms with Crippen molar-refractivity contribution in [2.45, 2.75) is 0 Å². The summed E-state index contributed by atoms with van der Waals surface area (Å²) in [6, 6.07) is 12.0. The number of Topliss-reactive ketones (excluding diaryl/α,β-unsaturated/α-hetero) is 1. The number of nitrogens with zero attached hydrogens (tertiary/aromatic N) is 1. The van der Waals surface area contributed by atoms with Gasteiger partial charge in [0.2, 0.25) is 0 Å². The Bertz CT molecular complexity index is 1200. The molecule has 0 spiro atoms. The van der Waals surface area contributed by atoms with E-state index in [0.29, 0.717) is 28.5 Å². The van der Waals surface area contributed by atoms with Crippen LogP contribution in [-0.4, -0.2) is 55.8 Å². The van der Waals surface area contributed by atoms with Gasteiger partial charge >= 0.3 is 0 Å². The molecule has 0 saturated carbocycles. The van der Waals surface area contributed by atoms with Crippen molar-refractivity contribution in [3.8, 4) is 28.5 Å². The van der Waals surface area contributed by atoms with Crippen molar-refractivity contribution in [1.82, 2.24) is 10.3 Å². The van der Waals surface area contributed by atoms with Crippen LogP contribution in [0.15, 0.2) is 53.0 Å². The highest BCUT2D eigenvalue weighted by Gasteiger charge is 2.17. The molecule has 178 valence electrons. The Morgan fingerprint density at radius 1 is 1.03 bits per heavy atom. The van der Waals surface area contributed by atoms with E-state index in [1.54, 1.807) is 12.1 Å². The smallest absolute Gasteiger partial charge is 0.251 e. The number of ether oxygens (including phenoxy) is 3. The molecule has 0 atom stereocenters. The Morgan fingerprint density at radius 2 is 1.76 bits per heavy atom.